The van der Waals surface area contributed by atoms with Crippen LogP contribution in [0, 0.1) is 11.6 Å². The third kappa shape index (κ3) is 2.46. The Labute approximate surface area is 158 Å². The average Bonchev–Trinajstić information content (AvgIpc) is 2.68. The van der Waals surface area contributed by atoms with Crippen molar-refractivity contribution >= 4 is 55.2 Å². The van der Waals surface area contributed by atoms with Gasteiger partial charge in [-0.2, -0.15) is 0 Å². The van der Waals surface area contributed by atoms with Crippen LogP contribution in [-0.2, 0) is 4.79 Å². The van der Waals surface area contributed by atoms with E-state index in [1.54, 1.807) is 24.3 Å². The maximum atomic E-state index is 13.7. The van der Waals surface area contributed by atoms with E-state index in [1.165, 1.54) is 24.3 Å². The van der Waals surface area contributed by atoms with Crippen LogP contribution in [0.2, 0.25) is 0 Å². The fourth-order valence-corrected chi connectivity index (χ4v) is 3.88. The Kier molecular flexibility index (Phi) is 3.49. The molecule has 0 N–H and O–H groups in total. The van der Waals surface area contributed by atoms with Gasteiger partial charge in [0.15, 0.2) is 6.29 Å². The zero-order valence-corrected chi connectivity index (χ0v) is 14.5. The van der Waals surface area contributed by atoms with Gasteiger partial charge in [-0.3, -0.25) is 9.59 Å². The Morgan fingerprint density at radius 2 is 1.07 bits per heavy atom. The van der Waals surface area contributed by atoms with E-state index in [0.29, 0.717) is 27.8 Å². The molecular weight excluding hydrogens is 358 g/mol. The lowest BCUT2D eigenvalue weighted by molar-refractivity contribution is -0.104. The van der Waals surface area contributed by atoms with Crippen molar-refractivity contribution in [3.05, 3.63) is 83.9 Å². The molecule has 0 bridgehead atoms. The van der Waals surface area contributed by atoms with E-state index in [9.17, 15) is 18.4 Å². The van der Waals surface area contributed by atoms with E-state index >= 15 is 0 Å². The molecule has 0 unspecified atom stereocenters. The molecule has 0 aliphatic carbocycles. The molecule has 5 aromatic carbocycles. The van der Waals surface area contributed by atoms with E-state index in [2.05, 4.69) is 0 Å². The summed E-state index contributed by atoms with van der Waals surface area (Å²) in [4.78, 5) is 23.9. The lowest BCUT2D eigenvalue weighted by atomic mass is 9.91. The van der Waals surface area contributed by atoms with Crippen LogP contribution in [0.25, 0.3) is 43.1 Å². The van der Waals surface area contributed by atoms with Crippen LogP contribution in [0.15, 0.2) is 66.7 Å². The molecule has 0 aliphatic heterocycles. The number of carbonyl (C=O) groups is 2. The third-order valence-electron chi connectivity index (χ3n) is 5.14. The molecule has 0 saturated carbocycles. The first-order valence-corrected chi connectivity index (χ1v) is 8.72. The minimum Gasteiger partial charge on any atom is -0.294 e. The summed E-state index contributed by atoms with van der Waals surface area (Å²) in [7, 11) is 0. The Bertz CT molecular complexity index is 1470. The number of fused-ring (bicyclic) bond motifs is 4. The number of hydrogen-bond donors (Lipinski definition) is 0. The summed E-state index contributed by atoms with van der Waals surface area (Å²) in [6.07, 6.45) is 0.291. The number of Topliss-reactive ketones (excluding diaryl/α,β-unsaturated/α-hetero) is 1. The standard InChI is InChI=1S/C24H12F2O2/c25-19-4-2-14-10-21-18(6-15(14)8-19)7-17-5-13-1-3-20(26)9-16(13)11-22(17)24(21)23(28)12-27/h1-12H. The SMILES string of the molecule is O=CC(=O)c1c2cc3ccc(F)cc3cc2cc2cc3ccc(F)cc3cc12. The van der Waals surface area contributed by atoms with Gasteiger partial charge in [0.2, 0.25) is 5.78 Å². The molecule has 0 amide bonds. The topological polar surface area (TPSA) is 34.1 Å². The fraction of sp³-hybridized carbons (Fsp3) is 0. The predicted octanol–water partition coefficient (Wildman–Crippen LogP) is 5.96. The second kappa shape index (κ2) is 5.92. The molecule has 5 aromatic rings. The second-order valence-corrected chi connectivity index (χ2v) is 6.86. The van der Waals surface area contributed by atoms with E-state index in [4.69, 9.17) is 0 Å². The summed E-state index contributed by atoms with van der Waals surface area (Å²) in [5.41, 5.74) is 0.278. The largest absolute Gasteiger partial charge is 0.294 e. The van der Waals surface area contributed by atoms with Crippen LogP contribution >= 0.6 is 0 Å². The first kappa shape index (κ1) is 16.5. The number of halogens is 2. The molecule has 0 fully saturated rings. The van der Waals surface area contributed by atoms with Crippen molar-refractivity contribution in [1.29, 1.82) is 0 Å². The molecule has 0 aliphatic rings. The first-order valence-electron chi connectivity index (χ1n) is 8.72. The molecule has 0 heterocycles. The van der Waals surface area contributed by atoms with Crippen LogP contribution in [0.3, 0.4) is 0 Å². The smallest absolute Gasteiger partial charge is 0.226 e. The first-order chi connectivity index (χ1) is 13.5. The van der Waals surface area contributed by atoms with E-state index in [1.807, 2.05) is 18.2 Å². The van der Waals surface area contributed by atoms with Crippen molar-refractivity contribution in [1.82, 2.24) is 0 Å². The van der Waals surface area contributed by atoms with Gasteiger partial charge in [0, 0.05) is 5.56 Å². The summed E-state index contributed by atoms with van der Waals surface area (Å²) < 4.78 is 27.3. The van der Waals surface area contributed by atoms with Crippen molar-refractivity contribution in [2.24, 2.45) is 0 Å². The van der Waals surface area contributed by atoms with Crippen molar-refractivity contribution in [3.63, 3.8) is 0 Å². The molecule has 5 rings (SSSR count). The van der Waals surface area contributed by atoms with Gasteiger partial charge >= 0.3 is 0 Å². The van der Waals surface area contributed by atoms with Crippen molar-refractivity contribution < 1.29 is 18.4 Å². The Morgan fingerprint density at radius 1 is 0.607 bits per heavy atom. The molecule has 0 spiro atoms. The van der Waals surface area contributed by atoms with E-state index in [-0.39, 0.29) is 17.2 Å². The van der Waals surface area contributed by atoms with Gasteiger partial charge in [-0.05, 0) is 97.7 Å². The minimum absolute atomic E-state index is 0.278. The van der Waals surface area contributed by atoms with Gasteiger partial charge in [0.25, 0.3) is 0 Å². The zero-order chi connectivity index (χ0) is 19.4. The number of aldehydes is 1. The summed E-state index contributed by atoms with van der Waals surface area (Å²) in [5.74, 6) is -1.36. The number of benzene rings is 5. The van der Waals surface area contributed by atoms with Crippen LogP contribution in [0.5, 0.6) is 0 Å². The highest BCUT2D eigenvalue weighted by Crippen LogP contribution is 2.34. The van der Waals surface area contributed by atoms with Crippen molar-refractivity contribution in [3.8, 4) is 0 Å². The molecule has 28 heavy (non-hydrogen) atoms. The van der Waals surface area contributed by atoms with E-state index in [0.717, 1.165) is 21.5 Å². The highest BCUT2D eigenvalue weighted by Gasteiger charge is 2.16. The second-order valence-electron chi connectivity index (χ2n) is 6.86. The number of rotatable bonds is 2. The molecule has 134 valence electrons. The quantitative estimate of drug-likeness (QED) is 0.166. The van der Waals surface area contributed by atoms with Gasteiger partial charge in [-0.1, -0.05) is 12.1 Å². The number of hydrogen-bond acceptors (Lipinski definition) is 2. The summed E-state index contributed by atoms with van der Waals surface area (Å²) in [6.45, 7) is 0. The summed E-state index contributed by atoms with van der Waals surface area (Å²) >= 11 is 0. The fourth-order valence-electron chi connectivity index (χ4n) is 3.88. The van der Waals surface area contributed by atoms with Crippen LogP contribution in [-0.4, -0.2) is 12.1 Å². The third-order valence-corrected chi connectivity index (χ3v) is 5.14. The highest BCUT2D eigenvalue weighted by molar-refractivity contribution is 6.40. The molecule has 0 radical (unpaired) electrons. The Hall–Kier alpha value is -3.66. The number of carbonyl (C=O) groups excluding carboxylic acids is 2. The molecule has 2 nitrogen and oxygen atoms in total. The lowest BCUT2D eigenvalue weighted by Crippen LogP contribution is -2.02. The molecule has 0 saturated heterocycles. The van der Waals surface area contributed by atoms with Crippen molar-refractivity contribution in [2.45, 2.75) is 0 Å². The maximum Gasteiger partial charge on any atom is 0.226 e. The summed E-state index contributed by atoms with van der Waals surface area (Å²) in [5, 5.41) is 5.63. The monoisotopic (exact) mass is 370 g/mol. The van der Waals surface area contributed by atoms with Gasteiger partial charge in [-0.25, -0.2) is 8.78 Å². The zero-order valence-electron chi connectivity index (χ0n) is 14.5. The van der Waals surface area contributed by atoms with Crippen LogP contribution < -0.4 is 0 Å². The predicted molar refractivity (Wildman–Crippen MR) is 107 cm³/mol. The number of ketones is 1. The molecular formula is C24H12F2O2. The minimum atomic E-state index is -0.646. The lowest BCUT2D eigenvalue weighted by Gasteiger charge is -2.12. The van der Waals surface area contributed by atoms with Gasteiger partial charge < -0.3 is 0 Å². The Balaban J connectivity index is 2.00. The van der Waals surface area contributed by atoms with Crippen molar-refractivity contribution in [2.75, 3.05) is 0 Å². The molecule has 0 atom stereocenters. The average molecular weight is 370 g/mol. The van der Waals surface area contributed by atoms with Crippen LogP contribution in [0.4, 0.5) is 8.78 Å². The molecule has 0 aromatic heterocycles. The van der Waals surface area contributed by atoms with Gasteiger partial charge in [0.05, 0.1) is 0 Å². The molecule has 4 heteroatoms. The van der Waals surface area contributed by atoms with Crippen LogP contribution in [0.1, 0.15) is 10.4 Å². The highest BCUT2D eigenvalue weighted by atomic mass is 19.1. The Morgan fingerprint density at radius 3 is 1.68 bits per heavy atom. The summed E-state index contributed by atoms with van der Waals surface area (Å²) in [6, 6.07) is 18.0. The normalized spacial score (nSPS) is 11.5. The van der Waals surface area contributed by atoms with E-state index < -0.39 is 5.78 Å². The van der Waals surface area contributed by atoms with Gasteiger partial charge in [0.1, 0.15) is 11.6 Å². The maximum absolute atomic E-state index is 13.7. The van der Waals surface area contributed by atoms with Gasteiger partial charge in [-0.15, -0.1) is 0 Å².